The molecule has 8 aromatic carbocycles. The summed E-state index contributed by atoms with van der Waals surface area (Å²) >= 11 is 14.5. The van der Waals surface area contributed by atoms with Crippen LogP contribution in [0, 0.1) is 0 Å². The number of nitrogens with zero attached hydrogens (tertiary/aromatic N) is 2. The highest BCUT2D eigenvalue weighted by molar-refractivity contribution is 6.39. The van der Waals surface area contributed by atoms with Gasteiger partial charge in [0.1, 0.15) is 16.9 Å². The fraction of sp³-hybridized carbons (Fsp3) is 0.134. The first kappa shape index (κ1) is 49.6. The van der Waals surface area contributed by atoms with Crippen LogP contribution in [0.1, 0.15) is 71.2 Å². The molecule has 392 valence electrons. The Morgan fingerprint density at radius 3 is 2.05 bits per heavy atom. The van der Waals surface area contributed by atoms with Crippen LogP contribution >= 0.6 is 23.2 Å². The lowest BCUT2D eigenvalue weighted by Gasteiger charge is -2.18. The minimum absolute atomic E-state index is 0.0545. The maximum atomic E-state index is 15.9. The molecular formula is C67H48BCl2F2N3O5. The topological polar surface area (TPSA) is 97.3 Å². The Labute approximate surface area is 468 Å². The smallest absolute Gasteiger partial charge is 0.456 e. The van der Waals surface area contributed by atoms with Gasteiger partial charge in [0.25, 0.3) is 11.1 Å². The number of aryl methyl sites for hydroxylation is 4. The molecule has 0 saturated heterocycles. The van der Waals surface area contributed by atoms with E-state index in [1.54, 1.807) is 30.3 Å². The predicted octanol–water partition coefficient (Wildman–Crippen LogP) is 15.4. The van der Waals surface area contributed by atoms with E-state index in [0.29, 0.717) is 80.5 Å². The number of H-pyrrole nitrogens is 1. The standard InChI is InChI=1S/C67H48BCl2F2N3O5/c69-53-36-46(37-54(70)62(53)63(55-34-43-18-9-16-40-14-4-6-20-47(40)64(43)73-55)56-35-44-19-10-17-41-15-5-7-21-48(41)65(44)75(56)68(71)72)79-59(76)22-8-11-38-23-26-45(27-24-38)74-66(77)50-29-28-49-52-33-42(39-12-2-1-3-13-39)25-31-57(52)80-58-32-30-51(67(74)78)60(50)61(49)58/h1-7,12-15,20-21,23-37,68,73H,8-11,16-19,22H2/b63-56+. The highest BCUT2D eigenvalue weighted by Gasteiger charge is 2.39. The summed E-state index contributed by atoms with van der Waals surface area (Å²) in [5.41, 5.74) is 13.0. The molecule has 0 radical (unpaired) electrons. The van der Waals surface area contributed by atoms with Gasteiger partial charge in [-0.1, -0.05) is 120 Å². The van der Waals surface area contributed by atoms with Crippen LogP contribution in [0.25, 0.3) is 77.1 Å². The number of hydrogen-bond acceptors (Lipinski definition) is 5. The Bertz CT molecular complexity index is 4560. The number of pyridine rings is 1. The van der Waals surface area contributed by atoms with Gasteiger partial charge in [-0.2, -0.15) is 0 Å². The average Bonchev–Trinajstić information content (AvgIpc) is 4.01. The van der Waals surface area contributed by atoms with E-state index in [4.69, 9.17) is 32.4 Å². The zero-order chi connectivity index (χ0) is 54.3. The first-order valence-corrected chi connectivity index (χ1v) is 27.9. The number of benzene rings is 8. The van der Waals surface area contributed by atoms with E-state index in [2.05, 4.69) is 35.3 Å². The second kappa shape index (κ2) is 19.9. The number of aromatic nitrogens is 2. The fourth-order valence-corrected chi connectivity index (χ4v) is 13.3. The molecule has 11 aromatic rings. The van der Waals surface area contributed by atoms with Gasteiger partial charge < -0.3 is 27.3 Å². The Morgan fingerprint density at radius 1 is 0.650 bits per heavy atom. The van der Waals surface area contributed by atoms with Crippen molar-refractivity contribution in [1.29, 1.82) is 0 Å². The number of allylic oxidation sites excluding steroid dienone is 2. The molecule has 2 aliphatic carbocycles. The molecule has 13 heteroatoms. The van der Waals surface area contributed by atoms with Crippen molar-refractivity contribution in [1.82, 2.24) is 9.55 Å². The molecule has 1 N–H and O–H groups in total. The first-order chi connectivity index (χ1) is 39.1. The molecule has 0 atom stereocenters. The van der Waals surface area contributed by atoms with Gasteiger partial charge in [-0.25, -0.2) is 4.57 Å². The monoisotopic (exact) mass is 1090 g/mol. The second-order valence-electron chi connectivity index (χ2n) is 21.1. The lowest BCUT2D eigenvalue weighted by Crippen LogP contribution is -2.31. The summed E-state index contributed by atoms with van der Waals surface area (Å²) in [6.07, 6.45) is 7.73. The molecular weight excluding hydrogens is 1050 g/mol. The van der Waals surface area contributed by atoms with Gasteiger partial charge in [0, 0.05) is 79.5 Å². The number of esters is 1. The molecule has 0 amide bonds. The van der Waals surface area contributed by atoms with Gasteiger partial charge in [0.05, 0.1) is 27.0 Å². The highest BCUT2D eigenvalue weighted by Crippen LogP contribution is 2.46. The zero-order valence-corrected chi connectivity index (χ0v) is 44.7. The van der Waals surface area contributed by atoms with E-state index in [1.807, 2.05) is 97.1 Å². The van der Waals surface area contributed by atoms with Crippen LogP contribution in [-0.2, 0) is 30.5 Å². The number of aromatic amines is 1. The molecule has 14 rings (SSSR count). The SMILES string of the molecule is O=C(CCCc1ccc(-n2c(=O)c3ccc4oc5ccc(-c6ccccc6)cc5c5ccc(c2=O)c3c45)cc1)Oc1cc(Cl)c(/C(=C2\C=C3CCCc4ccccc4C3=[N+]2[BH-](F)F)c2cc3c([nH]2)-c2ccccc2CCC3)c(Cl)c1. The maximum Gasteiger partial charge on any atom is 0.602 e. The summed E-state index contributed by atoms with van der Waals surface area (Å²) in [6, 6.07) is 51.8. The van der Waals surface area contributed by atoms with E-state index in [0.717, 1.165) is 98.5 Å². The van der Waals surface area contributed by atoms with Crippen molar-refractivity contribution < 1.29 is 27.1 Å². The molecule has 0 spiro atoms. The van der Waals surface area contributed by atoms with E-state index in [-0.39, 0.29) is 22.2 Å². The van der Waals surface area contributed by atoms with Crippen LogP contribution in [-0.4, -0.2) is 33.1 Å². The quantitative estimate of drug-likeness (QED) is 0.0484. The zero-order valence-electron chi connectivity index (χ0n) is 43.2. The van der Waals surface area contributed by atoms with Crippen molar-refractivity contribution in [3.05, 3.63) is 251 Å². The minimum Gasteiger partial charge on any atom is -0.456 e. The molecule has 0 bridgehead atoms. The van der Waals surface area contributed by atoms with Gasteiger partial charge in [0.15, 0.2) is 11.4 Å². The molecule has 4 heterocycles. The third-order valence-corrected chi connectivity index (χ3v) is 16.9. The summed E-state index contributed by atoms with van der Waals surface area (Å²) in [5, 5.41) is 4.19. The number of carbonyl (C=O) groups is 1. The van der Waals surface area contributed by atoms with Crippen LogP contribution in [0.4, 0.5) is 8.63 Å². The number of fused-ring (bicyclic) bond motifs is 8. The largest absolute Gasteiger partial charge is 0.602 e. The summed E-state index contributed by atoms with van der Waals surface area (Å²) in [5.74, 6) is -0.385. The Hall–Kier alpha value is -8.64. The third-order valence-electron chi connectivity index (χ3n) is 16.3. The Morgan fingerprint density at radius 2 is 1.30 bits per heavy atom. The van der Waals surface area contributed by atoms with Gasteiger partial charge in [0.2, 0.25) is 0 Å². The fourth-order valence-electron chi connectivity index (χ4n) is 12.7. The Balaban J connectivity index is 0.730. The molecule has 0 unspecified atom stereocenters. The number of rotatable bonds is 10. The van der Waals surface area contributed by atoms with Crippen LogP contribution < -0.4 is 15.9 Å². The number of nitrogens with one attached hydrogen (secondary N) is 1. The van der Waals surface area contributed by atoms with E-state index >= 15 is 8.63 Å². The number of halogens is 4. The molecule has 3 aliphatic rings. The van der Waals surface area contributed by atoms with Crippen molar-refractivity contribution in [2.75, 3.05) is 0 Å². The number of ether oxygens (including phenoxy) is 1. The minimum atomic E-state index is -3.91. The van der Waals surface area contributed by atoms with Crippen molar-refractivity contribution in [2.45, 2.75) is 57.8 Å². The average molecular weight is 1090 g/mol. The summed E-state index contributed by atoms with van der Waals surface area (Å²) in [7, 11) is -3.91. The molecule has 3 aromatic heterocycles. The molecule has 8 nitrogen and oxygen atoms in total. The summed E-state index contributed by atoms with van der Waals surface area (Å²) < 4.78 is 46.6. The van der Waals surface area contributed by atoms with Gasteiger partial charge >= 0.3 is 13.4 Å². The van der Waals surface area contributed by atoms with E-state index in [1.165, 1.54) is 26.7 Å². The van der Waals surface area contributed by atoms with Crippen LogP contribution in [0.3, 0.4) is 0 Å². The van der Waals surface area contributed by atoms with Gasteiger partial charge in [-0.3, -0.25) is 14.4 Å². The lowest BCUT2D eigenvalue weighted by molar-refractivity contribution is -0.340. The maximum absolute atomic E-state index is 15.9. The first-order valence-electron chi connectivity index (χ1n) is 27.2. The van der Waals surface area contributed by atoms with Gasteiger partial charge in [-0.05, 0) is 145 Å². The van der Waals surface area contributed by atoms with Gasteiger partial charge in [-0.15, -0.1) is 0 Å². The van der Waals surface area contributed by atoms with Crippen molar-refractivity contribution in [3.8, 4) is 33.8 Å². The van der Waals surface area contributed by atoms with Crippen molar-refractivity contribution >= 4 is 91.3 Å². The van der Waals surface area contributed by atoms with Crippen molar-refractivity contribution in [2.24, 2.45) is 0 Å². The molecule has 0 fully saturated rings. The van der Waals surface area contributed by atoms with Crippen LogP contribution in [0.15, 0.2) is 195 Å². The third kappa shape index (κ3) is 8.41. The highest BCUT2D eigenvalue weighted by atomic mass is 35.5. The van der Waals surface area contributed by atoms with E-state index in [9.17, 15) is 14.4 Å². The Kier molecular flexibility index (Phi) is 12.4. The number of carbonyl (C=O) groups excluding carboxylic acids is 1. The van der Waals surface area contributed by atoms with Crippen LogP contribution in [0.2, 0.25) is 10.0 Å². The van der Waals surface area contributed by atoms with Crippen molar-refractivity contribution in [3.63, 3.8) is 0 Å². The predicted molar refractivity (Wildman–Crippen MR) is 318 cm³/mol. The normalized spacial score (nSPS) is 14.8. The lowest BCUT2D eigenvalue weighted by atomic mass is 9.95. The second-order valence-corrected chi connectivity index (χ2v) is 21.9. The van der Waals surface area contributed by atoms with Crippen LogP contribution in [0.5, 0.6) is 5.75 Å². The molecule has 0 saturated carbocycles. The number of hydrogen-bond donors (Lipinski definition) is 1. The van der Waals surface area contributed by atoms with E-state index < -0.39 is 24.5 Å². The molecule has 1 aliphatic heterocycles. The summed E-state index contributed by atoms with van der Waals surface area (Å²) in [4.78, 5) is 45.8. The summed E-state index contributed by atoms with van der Waals surface area (Å²) in [6.45, 7) is 0. The molecule has 80 heavy (non-hydrogen) atoms.